The van der Waals surface area contributed by atoms with E-state index in [0.29, 0.717) is 6.42 Å². The molecule has 3 heteroatoms. The number of carbonyl (C=O) groups excluding carboxylic acids is 1. The SMILES string of the molecule is CCCCCCCC/C=C\CCCCCCCC(N)CC(C)=O.[Rh]. The molecule has 1 radical (unpaired) electrons. The van der Waals surface area contributed by atoms with Crippen LogP contribution in [0.1, 0.15) is 110 Å². The molecule has 0 bridgehead atoms. The quantitative estimate of drug-likeness (QED) is 0.168. The first-order valence-corrected chi connectivity index (χ1v) is 10.1. The molecule has 0 heterocycles. The summed E-state index contributed by atoms with van der Waals surface area (Å²) in [5, 5.41) is 0. The predicted molar refractivity (Wildman–Crippen MR) is 103 cm³/mol. The first-order chi connectivity index (χ1) is 11.2. The summed E-state index contributed by atoms with van der Waals surface area (Å²) < 4.78 is 0. The van der Waals surface area contributed by atoms with Crippen molar-refractivity contribution in [1.82, 2.24) is 0 Å². The van der Waals surface area contributed by atoms with Gasteiger partial charge in [0.15, 0.2) is 0 Å². The van der Waals surface area contributed by atoms with E-state index in [2.05, 4.69) is 19.1 Å². The maximum atomic E-state index is 10.9. The van der Waals surface area contributed by atoms with Gasteiger partial charge in [-0.25, -0.2) is 0 Å². The molecule has 0 aliphatic carbocycles. The average Bonchev–Trinajstić information content (AvgIpc) is 2.50. The Balaban J connectivity index is 0. The fourth-order valence-corrected chi connectivity index (χ4v) is 2.95. The summed E-state index contributed by atoms with van der Waals surface area (Å²) in [6, 6.07) is 0.0809. The Hall–Kier alpha value is -0.00662. The Bertz CT molecular complexity index is 292. The van der Waals surface area contributed by atoms with Gasteiger partial charge in [0, 0.05) is 31.9 Å². The number of ketones is 1. The van der Waals surface area contributed by atoms with Gasteiger partial charge in [0.2, 0.25) is 0 Å². The molecule has 2 nitrogen and oxygen atoms in total. The summed E-state index contributed by atoms with van der Waals surface area (Å²) in [5.74, 6) is 0.213. The molecule has 0 saturated heterocycles. The van der Waals surface area contributed by atoms with Gasteiger partial charge in [-0.2, -0.15) is 0 Å². The molecule has 0 rings (SSSR count). The third kappa shape index (κ3) is 22.0. The van der Waals surface area contributed by atoms with Gasteiger partial charge in [-0.15, -0.1) is 0 Å². The topological polar surface area (TPSA) is 43.1 Å². The van der Waals surface area contributed by atoms with Crippen LogP contribution in [0.25, 0.3) is 0 Å². The van der Waals surface area contributed by atoms with Gasteiger partial charge >= 0.3 is 0 Å². The molecular formula is C21H41NORh. The predicted octanol–water partition coefficient (Wildman–Crippen LogP) is 6.33. The number of carbonyl (C=O) groups is 1. The Morgan fingerprint density at radius 2 is 1.29 bits per heavy atom. The van der Waals surface area contributed by atoms with Crippen LogP contribution in [-0.4, -0.2) is 11.8 Å². The van der Waals surface area contributed by atoms with Crippen molar-refractivity contribution >= 4 is 5.78 Å². The molecule has 0 aliphatic heterocycles. The van der Waals surface area contributed by atoms with E-state index in [0.717, 1.165) is 6.42 Å². The summed E-state index contributed by atoms with van der Waals surface area (Å²) >= 11 is 0. The molecule has 1 atom stereocenters. The monoisotopic (exact) mass is 426 g/mol. The zero-order valence-corrected chi connectivity index (χ0v) is 17.8. The van der Waals surface area contributed by atoms with Crippen molar-refractivity contribution in [2.24, 2.45) is 5.73 Å². The first-order valence-electron chi connectivity index (χ1n) is 10.1. The third-order valence-corrected chi connectivity index (χ3v) is 4.39. The normalized spacial score (nSPS) is 12.3. The van der Waals surface area contributed by atoms with E-state index in [9.17, 15) is 4.79 Å². The van der Waals surface area contributed by atoms with Crippen LogP contribution in [-0.2, 0) is 24.3 Å². The number of Topliss-reactive ketones (excluding diaryl/α,β-unsaturated/α-hetero) is 1. The molecule has 0 aromatic rings. The molecule has 0 amide bonds. The van der Waals surface area contributed by atoms with Gasteiger partial charge in [0.05, 0.1) is 0 Å². The number of hydrogen-bond donors (Lipinski definition) is 1. The number of rotatable bonds is 17. The Morgan fingerprint density at radius 1 is 0.833 bits per heavy atom. The van der Waals surface area contributed by atoms with Crippen LogP contribution in [0.15, 0.2) is 12.2 Å². The van der Waals surface area contributed by atoms with E-state index >= 15 is 0 Å². The van der Waals surface area contributed by atoms with Gasteiger partial charge in [-0.05, 0) is 39.0 Å². The zero-order valence-electron chi connectivity index (χ0n) is 16.2. The third-order valence-electron chi connectivity index (χ3n) is 4.39. The Morgan fingerprint density at radius 3 is 1.79 bits per heavy atom. The van der Waals surface area contributed by atoms with E-state index in [1.54, 1.807) is 6.92 Å². The second-order valence-corrected chi connectivity index (χ2v) is 7.04. The van der Waals surface area contributed by atoms with E-state index in [-0.39, 0.29) is 31.3 Å². The second kappa shape index (κ2) is 21.0. The van der Waals surface area contributed by atoms with Crippen molar-refractivity contribution in [3.05, 3.63) is 12.2 Å². The van der Waals surface area contributed by atoms with Crippen LogP contribution in [0.3, 0.4) is 0 Å². The van der Waals surface area contributed by atoms with Gasteiger partial charge in [-0.3, -0.25) is 4.79 Å². The van der Waals surface area contributed by atoms with Crippen LogP contribution in [0, 0.1) is 0 Å². The molecule has 0 aliphatic rings. The number of hydrogen-bond acceptors (Lipinski definition) is 2. The maximum absolute atomic E-state index is 10.9. The zero-order chi connectivity index (χ0) is 17.2. The van der Waals surface area contributed by atoms with Crippen molar-refractivity contribution in [2.45, 2.75) is 116 Å². The minimum atomic E-state index is 0. The molecule has 145 valence electrons. The van der Waals surface area contributed by atoms with E-state index in [4.69, 9.17) is 5.73 Å². The average molecular weight is 426 g/mol. The Labute approximate surface area is 164 Å². The van der Waals surface area contributed by atoms with Crippen LogP contribution < -0.4 is 5.73 Å². The van der Waals surface area contributed by atoms with Crippen LogP contribution >= 0.6 is 0 Å². The van der Waals surface area contributed by atoms with Crippen molar-refractivity contribution in [1.29, 1.82) is 0 Å². The smallest absolute Gasteiger partial charge is 0.131 e. The van der Waals surface area contributed by atoms with E-state index in [1.165, 1.54) is 83.5 Å². The van der Waals surface area contributed by atoms with Gasteiger partial charge < -0.3 is 5.73 Å². The van der Waals surface area contributed by atoms with Gasteiger partial charge in [0.25, 0.3) is 0 Å². The Kier molecular flexibility index (Phi) is 23.0. The summed E-state index contributed by atoms with van der Waals surface area (Å²) in [4.78, 5) is 10.9. The summed E-state index contributed by atoms with van der Waals surface area (Å²) in [6.45, 7) is 3.89. The minimum Gasteiger partial charge on any atom is -0.327 e. The van der Waals surface area contributed by atoms with Crippen LogP contribution in [0.5, 0.6) is 0 Å². The van der Waals surface area contributed by atoms with Crippen molar-refractivity contribution in [2.75, 3.05) is 0 Å². The molecular weight excluding hydrogens is 385 g/mol. The second-order valence-electron chi connectivity index (χ2n) is 7.04. The van der Waals surface area contributed by atoms with Crippen LogP contribution in [0.2, 0.25) is 0 Å². The van der Waals surface area contributed by atoms with E-state index in [1.807, 2.05) is 0 Å². The molecule has 0 aromatic carbocycles. The summed E-state index contributed by atoms with van der Waals surface area (Å²) in [5.41, 5.74) is 5.90. The number of nitrogens with two attached hydrogens (primary N) is 1. The van der Waals surface area contributed by atoms with Crippen LogP contribution in [0.4, 0.5) is 0 Å². The first kappa shape index (κ1) is 26.2. The van der Waals surface area contributed by atoms with Gasteiger partial charge in [-0.1, -0.05) is 76.9 Å². The molecule has 0 spiro atoms. The number of unbranched alkanes of at least 4 members (excludes halogenated alkanes) is 11. The van der Waals surface area contributed by atoms with Gasteiger partial charge in [0.1, 0.15) is 5.78 Å². The van der Waals surface area contributed by atoms with E-state index < -0.39 is 0 Å². The summed E-state index contributed by atoms with van der Waals surface area (Å²) in [6.07, 6.45) is 23.5. The van der Waals surface area contributed by atoms with Crippen molar-refractivity contribution < 1.29 is 24.3 Å². The molecule has 0 aromatic heterocycles. The molecule has 2 N–H and O–H groups in total. The van der Waals surface area contributed by atoms with Crippen molar-refractivity contribution in [3.8, 4) is 0 Å². The fraction of sp³-hybridized carbons (Fsp3) is 0.857. The standard InChI is InChI=1S/C21H41NO.Rh/c1-3-4-5-6-7-8-9-10-11-12-13-14-15-16-17-18-21(22)19-20(2)23;/h10-11,21H,3-9,12-19,22H2,1-2H3;/b11-10-;. The minimum absolute atomic E-state index is 0. The fourth-order valence-electron chi connectivity index (χ4n) is 2.95. The summed E-state index contributed by atoms with van der Waals surface area (Å²) in [7, 11) is 0. The molecule has 1 unspecified atom stereocenters. The molecule has 24 heavy (non-hydrogen) atoms. The molecule has 0 saturated carbocycles. The molecule has 0 fully saturated rings. The largest absolute Gasteiger partial charge is 0.327 e. The van der Waals surface area contributed by atoms with Crippen molar-refractivity contribution in [3.63, 3.8) is 0 Å². The maximum Gasteiger partial charge on any atom is 0.131 e. The number of allylic oxidation sites excluding steroid dienone is 2.